The normalized spacial score (nSPS) is 20.9. The summed E-state index contributed by atoms with van der Waals surface area (Å²) in [5.74, 6) is -0.106. The number of carbonyl (C=O) groups excluding carboxylic acids is 2. The average molecular weight is 290 g/mol. The Kier molecular flexibility index (Phi) is 5.33. The Hall–Kier alpha value is -1.88. The molecule has 0 saturated carbocycles. The Morgan fingerprint density at radius 1 is 1.33 bits per heavy atom. The molecule has 1 saturated heterocycles. The van der Waals surface area contributed by atoms with Gasteiger partial charge in [-0.3, -0.25) is 9.59 Å². The fourth-order valence-electron chi connectivity index (χ4n) is 2.45. The molecule has 0 bridgehead atoms. The first-order valence-electron chi connectivity index (χ1n) is 7.25. The monoisotopic (exact) mass is 290 g/mol. The van der Waals surface area contributed by atoms with Crippen molar-refractivity contribution in [3.8, 4) is 0 Å². The number of nitrogens with one attached hydrogen (secondary N) is 1. The van der Waals surface area contributed by atoms with Gasteiger partial charge in [-0.15, -0.1) is 0 Å². The zero-order valence-electron chi connectivity index (χ0n) is 12.5. The molecule has 114 valence electrons. The van der Waals surface area contributed by atoms with E-state index in [2.05, 4.69) is 5.32 Å². The number of carbonyl (C=O) groups is 2. The average Bonchev–Trinajstić information content (AvgIpc) is 2.62. The lowest BCUT2D eigenvalue weighted by atomic mass is 10.0. The molecule has 2 amide bonds. The van der Waals surface area contributed by atoms with E-state index in [4.69, 9.17) is 4.74 Å². The zero-order valence-corrected chi connectivity index (χ0v) is 12.5. The lowest BCUT2D eigenvalue weighted by Gasteiger charge is -2.26. The van der Waals surface area contributed by atoms with Crippen LogP contribution in [0.25, 0.3) is 0 Å². The van der Waals surface area contributed by atoms with Crippen LogP contribution in [0.4, 0.5) is 0 Å². The molecule has 21 heavy (non-hydrogen) atoms. The van der Waals surface area contributed by atoms with Crippen molar-refractivity contribution < 1.29 is 14.3 Å². The predicted octanol–water partition coefficient (Wildman–Crippen LogP) is 0.981. The molecular formula is C16H22N2O3. The van der Waals surface area contributed by atoms with Crippen molar-refractivity contribution in [1.82, 2.24) is 10.2 Å². The van der Waals surface area contributed by atoms with Crippen LogP contribution in [0.15, 0.2) is 30.3 Å². The van der Waals surface area contributed by atoms with Crippen molar-refractivity contribution in [3.63, 3.8) is 0 Å². The number of benzene rings is 1. The van der Waals surface area contributed by atoms with Gasteiger partial charge in [0.1, 0.15) is 6.04 Å². The molecule has 2 rings (SSSR count). The highest BCUT2D eigenvalue weighted by Gasteiger charge is 2.30. The van der Waals surface area contributed by atoms with Gasteiger partial charge in [0.05, 0.1) is 6.10 Å². The van der Waals surface area contributed by atoms with Crippen LogP contribution in [-0.4, -0.2) is 49.1 Å². The number of amides is 2. The summed E-state index contributed by atoms with van der Waals surface area (Å²) < 4.78 is 5.22. The molecule has 5 heteroatoms. The minimum atomic E-state index is -0.494. The first-order chi connectivity index (χ1) is 10.1. The maximum absolute atomic E-state index is 12.6. The Labute approximate surface area is 125 Å². The molecule has 0 radical (unpaired) electrons. The van der Waals surface area contributed by atoms with Crippen molar-refractivity contribution in [3.05, 3.63) is 35.9 Å². The predicted molar refractivity (Wildman–Crippen MR) is 79.7 cm³/mol. The maximum Gasteiger partial charge on any atom is 0.245 e. The number of hydrogen-bond acceptors (Lipinski definition) is 3. The van der Waals surface area contributed by atoms with Crippen LogP contribution in [0.2, 0.25) is 0 Å². The van der Waals surface area contributed by atoms with E-state index >= 15 is 0 Å². The molecule has 1 aliphatic heterocycles. The molecule has 2 unspecified atom stereocenters. The number of ether oxygens (including phenoxy) is 1. The summed E-state index contributed by atoms with van der Waals surface area (Å²) in [5, 5.41) is 2.83. The van der Waals surface area contributed by atoms with Gasteiger partial charge in [-0.25, -0.2) is 0 Å². The van der Waals surface area contributed by atoms with Crippen LogP contribution in [0.3, 0.4) is 0 Å². The lowest BCUT2D eigenvalue weighted by molar-refractivity contribution is -0.134. The first-order valence-corrected chi connectivity index (χ1v) is 7.25. The molecular weight excluding hydrogens is 268 g/mol. The topological polar surface area (TPSA) is 58.6 Å². The number of rotatable bonds is 5. The van der Waals surface area contributed by atoms with Crippen molar-refractivity contribution >= 4 is 11.8 Å². The molecule has 1 heterocycles. The molecule has 1 aliphatic rings. The van der Waals surface area contributed by atoms with Crippen molar-refractivity contribution in [2.24, 2.45) is 0 Å². The maximum atomic E-state index is 12.6. The molecule has 1 fully saturated rings. The third-order valence-corrected chi connectivity index (χ3v) is 3.72. The summed E-state index contributed by atoms with van der Waals surface area (Å²) in [6, 6.07) is 9.24. The van der Waals surface area contributed by atoms with E-state index in [-0.39, 0.29) is 17.9 Å². The van der Waals surface area contributed by atoms with Crippen LogP contribution in [0.1, 0.15) is 18.9 Å². The van der Waals surface area contributed by atoms with Gasteiger partial charge in [0, 0.05) is 33.0 Å². The molecule has 2 atom stereocenters. The summed E-state index contributed by atoms with van der Waals surface area (Å²) in [5.41, 5.74) is 1.04. The fourth-order valence-corrected chi connectivity index (χ4v) is 2.45. The molecule has 1 N–H and O–H groups in total. The van der Waals surface area contributed by atoms with Gasteiger partial charge in [0.2, 0.25) is 11.8 Å². The Morgan fingerprint density at radius 3 is 2.71 bits per heavy atom. The smallest absolute Gasteiger partial charge is 0.245 e. The quantitative estimate of drug-likeness (QED) is 0.879. The highest BCUT2D eigenvalue weighted by atomic mass is 16.5. The van der Waals surface area contributed by atoms with E-state index < -0.39 is 6.04 Å². The third-order valence-electron chi connectivity index (χ3n) is 3.72. The molecule has 0 spiro atoms. The van der Waals surface area contributed by atoms with Gasteiger partial charge in [0.25, 0.3) is 0 Å². The van der Waals surface area contributed by atoms with Crippen LogP contribution in [0.5, 0.6) is 0 Å². The summed E-state index contributed by atoms with van der Waals surface area (Å²) in [7, 11) is 1.62. The van der Waals surface area contributed by atoms with Crippen LogP contribution in [-0.2, 0) is 20.7 Å². The summed E-state index contributed by atoms with van der Waals surface area (Å²) >= 11 is 0. The van der Waals surface area contributed by atoms with Gasteiger partial charge < -0.3 is 15.0 Å². The molecule has 0 aromatic heterocycles. The SMILES string of the molecule is COC(C)CN1CCC(=O)NC(Cc2ccccc2)C1=O. The molecule has 5 nitrogen and oxygen atoms in total. The van der Waals surface area contributed by atoms with Gasteiger partial charge in [-0.05, 0) is 12.5 Å². The second-order valence-electron chi connectivity index (χ2n) is 5.39. The second-order valence-corrected chi connectivity index (χ2v) is 5.39. The molecule has 1 aromatic rings. The largest absolute Gasteiger partial charge is 0.380 e. The highest BCUT2D eigenvalue weighted by molar-refractivity contribution is 5.90. The van der Waals surface area contributed by atoms with E-state index in [1.807, 2.05) is 37.3 Å². The minimum Gasteiger partial charge on any atom is -0.380 e. The number of nitrogens with zero attached hydrogens (tertiary/aromatic N) is 1. The van der Waals surface area contributed by atoms with Crippen molar-refractivity contribution in [2.75, 3.05) is 20.2 Å². The Bertz CT molecular complexity index is 490. The van der Waals surface area contributed by atoms with Gasteiger partial charge >= 0.3 is 0 Å². The van der Waals surface area contributed by atoms with Crippen LogP contribution >= 0.6 is 0 Å². The number of hydrogen-bond donors (Lipinski definition) is 1. The van der Waals surface area contributed by atoms with Crippen molar-refractivity contribution in [1.29, 1.82) is 0 Å². The highest BCUT2D eigenvalue weighted by Crippen LogP contribution is 2.11. The van der Waals surface area contributed by atoms with E-state index in [0.717, 1.165) is 5.56 Å². The van der Waals surface area contributed by atoms with E-state index in [0.29, 0.717) is 25.9 Å². The minimum absolute atomic E-state index is 0.0337. The van der Waals surface area contributed by atoms with E-state index in [1.165, 1.54) is 0 Å². The van der Waals surface area contributed by atoms with E-state index in [1.54, 1.807) is 12.0 Å². The Morgan fingerprint density at radius 2 is 2.05 bits per heavy atom. The Balaban J connectivity index is 2.10. The standard InChI is InChI=1S/C16H22N2O3/c1-12(21-2)11-18-9-8-15(19)17-14(16(18)20)10-13-6-4-3-5-7-13/h3-7,12,14H,8-11H2,1-2H3,(H,17,19). The van der Waals surface area contributed by atoms with Crippen LogP contribution < -0.4 is 5.32 Å². The van der Waals surface area contributed by atoms with Crippen LogP contribution in [0, 0.1) is 0 Å². The van der Waals surface area contributed by atoms with E-state index in [9.17, 15) is 9.59 Å². The summed E-state index contributed by atoms with van der Waals surface area (Å²) in [6.45, 7) is 2.87. The van der Waals surface area contributed by atoms with Crippen molar-refractivity contribution in [2.45, 2.75) is 31.9 Å². The summed E-state index contributed by atoms with van der Waals surface area (Å²) in [6.07, 6.45) is 0.816. The third kappa shape index (κ3) is 4.29. The second kappa shape index (κ2) is 7.22. The lowest BCUT2D eigenvalue weighted by Crippen LogP contribution is -2.47. The number of methoxy groups -OCH3 is 1. The van der Waals surface area contributed by atoms with Gasteiger partial charge in [-0.1, -0.05) is 30.3 Å². The molecule has 1 aromatic carbocycles. The van der Waals surface area contributed by atoms with Gasteiger partial charge in [0.15, 0.2) is 0 Å². The fraction of sp³-hybridized carbons (Fsp3) is 0.500. The first kappa shape index (κ1) is 15.5. The molecule has 0 aliphatic carbocycles. The zero-order chi connectivity index (χ0) is 15.2. The summed E-state index contributed by atoms with van der Waals surface area (Å²) in [4.78, 5) is 26.1. The van der Waals surface area contributed by atoms with Gasteiger partial charge in [-0.2, -0.15) is 0 Å².